The number of nitrogens with zero attached hydrogens (tertiary/aromatic N) is 3. The maximum absolute atomic E-state index is 6.05. The van der Waals surface area contributed by atoms with E-state index in [1.54, 1.807) is 0 Å². The molecule has 2 aliphatic rings. The Kier molecular flexibility index (Phi) is 2.60. The number of hydrogen-bond acceptors (Lipinski definition) is 4. The summed E-state index contributed by atoms with van der Waals surface area (Å²) in [5.74, 6) is 0.941. The van der Waals surface area contributed by atoms with Crippen LogP contribution >= 0.6 is 11.6 Å². The van der Waals surface area contributed by atoms with Gasteiger partial charge in [0.05, 0.1) is 17.7 Å². The third-order valence-corrected chi connectivity index (χ3v) is 4.07. The van der Waals surface area contributed by atoms with Crippen molar-refractivity contribution in [3.63, 3.8) is 0 Å². The number of anilines is 1. The molecule has 1 aromatic heterocycles. The summed E-state index contributed by atoms with van der Waals surface area (Å²) in [5.41, 5.74) is 0.899. The summed E-state index contributed by atoms with van der Waals surface area (Å²) in [6, 6.07) is 8.01. The van der Waals surface area contributed by atoms with Gasteiger partial charge in [0.25, 0.3) is 0 Å². The number of fused-ring (bicyclic) bond motifs is 3. The summed E-state index contributed by atoms with van der Waals surface area (Å²) in [6.45, 7) is 1.79. The lowest BCUT2D eigenvalue weighted by atomic mass is 10.2. The van der Waals surface area contributed by atoms with E-state index in [1.807, 2.05) is 18.2 Å². The predicted molar refractivity (Wildman–Crippen MR) is 74.7 cm³/mol. The minimum Gasteiger partial charge on any atom is -0.371 e. The molecule has 0 spiro atoms. The van der Waals surface area contributed by atoms with Crippen LogP contribution in [-0.4, -0.2) is 35.3 Å². The first-order valence-electron chi connectivity index (χ1n) is 6.62. The molecule has 2 unspecified atom stereocenters. The third kappa shape index (κ3) is 1.95. The van der Waals surface area contributed by atoms with E-state index in [-0.39, 0.29) is 0 Å². The van der Waals surface area contributed by atoms with Crippen LogP contribution in [0.1, 0.15) is 12.8 Å². The molecule has 0 radical (unpaired) electrons. The minimum atomic E-state index is 0.313. The van der Waals surface area contributed by atoms with Crippen molar-refractivity contribution in [2.24, 2.45) is 0 Å². The molecule has 2 aromatic rings. The molecular weight excluding hydrogens is 262 g/mol. The van der Waals surface area contributed by atoms with E-state index in [2.05, 4.69) is 20.9 Å². The molecule has 1 aromatic carbocycles. The van der Waals surface area contributed by atoms with Gasteiger partial charge in [0.15, 0.2) is 0 Å². The van der Waals surface area contributed by atoms with Gasteiger partial charge >= 0.3 is 0 Å². The Morgan fingerprint density at radius 1 is 1.11 bits per heavy atom. The van der Waals surface area contributed by atoms with Gasteiger partial charge in [-0.3, -0.25) is 0 Å². The Morgan fingerprint density at radius 3 is 2.63 bits per heavy atom. The molecule has 0 aliphatic carbocycles. The van der Waals surface area contributed by atoms with Gasteiger partial charge in [-0.25, -0.2) is 4.98 Å². The quantitative estimate of drug-likeness (QED) is 0.750. The summed E-state index contributed by atoms with van der Waals surface area (Å²) >= 11 is 6.05. The van der Waals surface area contributed by atoms with Gasteiger partial charge < -0.3 is 9.64 Å². The van der Waals surface area contributed by atoms with E-state index in [0.29, 0.717) is 17.5 Å². The molecule has 19 heavy (non-hydrogen) atoms. The number of morpholine rings is 1. The van der Waals surface area contributed by atoms with E-state index < -0.39 is 0 Å². The highest BCUT2D eigenvalue weighted by molar-refractivity contribution is 6.28. The predicted octanol–water partition coefficient (Wildman–Crippen LogP) is 2.65. The van der Waals surface area contributed by atoms with Crippen LogP contribution in [0.15, 0.2) is 24.3 Å². The van der Waals surface area contributed by atoms with Crippen molar-refractivity contribution in [3.8, 4) is 0 Å². The zero-order chi connectivity index (χ0) is 12.8. The van der Waals surface area contributed by atoms with Gasteiger partial charge in [0, 0.05) is 18.5 Å². The molecule has 2 saturated heterocycles. The van der Waals surface area contributed by atoms with Gasteiger partial charge in [0.2, 0.25) is 5.28 Å². The Bertz CT molecular complexity index is 621. The highest BCUT2D eigenvalue weighted by atomic mass is 35.5. The summed E-state index contributed by atoms with van der Waals surface area (Å²) in [4.78, 5) is 11.0. The fraction of sp³-hybridized carbons (Fsp3) is 0.429. The number of halogens is 1. The third-order valence-electron chi connectivity index (χ3n) is 3.90. The maximum atomic E-state index is 6.05. The monoisotopic (exact) mass is 275 g/mol. The van der Waals surface area contributed by atoms with Crippen molar-refractivity contribution < 1.29 is 4.74 Å². The Labute approximate surface area is 116 Å². The normalized spacial score (nSPS) is 26.1. The van der Waals surface area contributed by atoms with Crippen LogP contribution in [0.2, 0.25) is 5.28 Å². The van der Waals surface area contributed by atoms with E-state index in [1.165, 1.54) is 0 Å². The van der Waals surface area contributed by atoms with Crippen LogP contribution in [0.3, 0.4) is 0 Å². The van der Waals surface area contributed by atoms with Crippen molar-refractivity contribution in [3.05, 3.63) is 29.5 Å². The SMILES string of the molecule is Clc1nc(N2CC3CCC(C2)O3)c2ccccc2n1. The molecule has 3 heterocycles. The first-order chi connectivity index (χ1) is 9.29. The summed E-state index contributed by atoms with van der Waals surface area (Å²) in [5, 5.41) is 1.38. The minimum absolute atomic E-state index is 0.313. The number of benzene rings is 1. The number of para-hydroxylation sites is 1. The molecule has 0 saturated carbocycles. The molecule has 2 fully saturated rings. The fourth-order valence-electron chi connectivity index (χ4n) is 3.06. The average Bonchev–Trinajstić information content (AvgIpc) is 2.76. The second-order valence-electron chi connectivity index (χ2n) is 5.20. The van der Waals surface area contributed by atoms with E-state index in [0.717, 1.165) is 42.7 Å². The van der Waals surface area contributed by atoms with Crippen LogP contribution in [0.4, 0.5) is 5.82 Å². The number of aromatic nitrogens is 2. The molecule has 5 heteroatoms. The second kappa shape index (κ2) is 4.32. The fourth-order valence-corrected chi connectivity index (χ4v) is 3.23. The van der Waals surface area contributed by atoms with Crippen molar-refractivity contribution in [2.45, 2.75) is 25.0 Å². The molecule has 98 valence electrons. The van der Waals surface area contributed by atoms with Crippen LogP contribution in [0.5, 0.6) is 0 Å². The Hall–Kier alpha value is -1.39. The highest BCUT2D eigenvalue weighted by Gasteiger charge is 2.34. The zero-order valence-electron chi connectivity index (χ0n) is 10.4. The maximum Gasteiger partial charge on any atom is 0.224 e. The summed E-state index contributed by atoms with van der Waals surface area (Å²) in [6.07, 6.45) is 2.98. The molecular formula is C14H14ClN3O. The van der Waals surface area contributed by atoms with Crippen molar-refractivity contribution in [2.75, 3.05) is 18.0 Å². The van der Waals surface area contributed by atoms with E-state index >= 15 is 0 Å². The number of ether oxygens (including phenoxy) is 1. The Morgan fingerprint density at radius 2 is 1.84 bits per heavy atom. The van der Waals surface area contributed by atoms with Gasteiger partial charge in [-0.2, -0.15) is 4.98 Å². The van der Waals surface area contributed by atoms with Crippen LogP contribution in [0.25, 0.3) is 10.9 Å². The summed E-state index contributed by atoms with van der Waals surface area (Å²) < 4.78 is 5.87. The molecule has 0 N–H and O–H groups in total. The smallest absolute Gasteiger partial charge is 0.224 e. The standard InChI is InChI=1S/C14H14ClN3O/c15-14-16-12-4-2-1-3-11(12)13(17-14)18-7-9-5-6-10(8-18)19-9/h1-4,9-10H,5-8H2. The first-order valence-corrected chi connectivity index (χ1v) is 7.00. The zero-order valence-corrected chi connectivity index (χ0v) is 11.2. The Balaban J connectivity index is 1.82. The van der Waals surface area contributed by atoms with Crippen molar-refractivity contribution in [1.82, 2.24) is 9.97 Å². The molecule has 4 rings (SSSR count). The molecule has 2 atom stereocenters. The van der Waals surface area contributed by atoms with E-state index in [4.69, 9.17) is 16.3 Å². The number of hydrogen-bond donors (Lipinski definition) is 0. The number of rotatable bonds is 1. The van der Waals surface area contributed by atoms with Crippen molar-refractivity contribution in [1.29, 1.82) is 0 Å². The van der Waals surface area contributed by atoms with Gasteiger partial charge in [0.1, 0.15) is 5.82 Å². The van der Waals surface area contributed by atoms with Gasteiger partial charge in [-0.15, -0.1) is 0 Å². The second-order valence-corrected chi connectivity index (χ2v) is 5.53. The lowest BCUT2D eigenvalue weighted by Gasteiger charge is -2.33. The lowest BCUT2D eigenvalue weighted by molar-refractivity contribution is 0.0303. The topological polar surface area (TPSA) is 38.2 Å². The largest absolute Gasteiger partial charge is 0.371 e. The first kappa shape index (κ1) is 11.4. The van der Waals surface area contributed by atoms with Crippen molar-refractivity contribution >= 4 is 28.3 Å². The average molecular weight is 276 g/mol. The van der Waals surface area contributed by atoms with E-state index in [9.17, 15) is 0 Å². The lowest BCUT2D eigenvalue weighted by Crippen LogP contribution is -2.43. The molecule has 0 amide bonds. The molecule has 2 aliphatic heterocycles. The summed E-state index contributed by atoms with van der Waals surface area (Å²) in [7, 11) is 0. The van der Waals surface area contributed by atoms with Gasteiger partial charge in [-0.1, -0.05) is 12.1 Å². The van der Waals surface area contributed by atoms with Crippen LogP contribution in [0, 0.1) is 0 Å². The van der Waals surface area contributed by atoms with Gasteiger partial charge in [-0.05, 0) is 36.6 Å². The van der Waals surface area contributed by atoms with Crippen LogP contribution in [-0.2, 0) is 4.74 Å². The molecule has 2 bridgehead atoms. The van der Waals surface area contributed by atoms with Crippen LogP contribution < -0.4 is 4.90 Å². The highest BCUT2D eigenvalue weighted by Crippen LogP contribution is 2.32. The molecule has 4 nitrogen and oxygen atoms in total.